The van der Waals surface area contributed by atoms with Gasteiger partial charge in [0.15, 0.2) is 23.2 Å². The summed E-state index contributed by atoms with van der Waals surface area (Å²) >= 11 is 2.46. The van der Waals surface area contributed by atoms with Crippen molar-refractivity contribution >= 4 is 33.1 Å². The normalized spacial score (nSPS) is 10.5. The molecule has 0 spiro atoms. The number of hydrogen-bond acceptors (Lipinski definition) is 0. The second-order valence-corrected chi connectivity index (χ2v) is 1.41. The van der Waals surface area contributed by atoms with Gasteiger partial charge in [0.2, 0.25) is 0 Å². The maximum absolute atomic E-state index is 9.47. The van der Waals surface area contributed by atoms with Crippen molar-refractivity contribution in [2.24, 2.45) is 0 Å². The smallest absolute Gasteiger partial charge is 0 e. The fourth-order valence-corrected chi connectivity index (χ4v) is 0.250. The molecule has 1 unspecified atom stereocenters. The number of rotatable bonds is 0. The molecule has 1 atom stereocenters. The molecular formula is C4H13FINPV2+. The Bertz CT molecular complexity index is 38.4. The quantitative estimate of drug-likeness (QED) is 0.503. The molecule has 1 nitrogen and oxygen atoms in total. The molecule has 1 aliphatic rings. The molecule has 1 radical (unpaired) electrons. The first kappa shape index (κ1) is 22.7. The Kier molecular flexibility index (Phi) is 69.2. The Morgan fingerprint density at radius 1 is 1.00 bits per heavy atom. The zero-order valence-electron chi connectivity index (χ0n) is 5.76. The monoisotopic (exact) mass is 354 g/mol. The molecule has 0 aromatic heterocycles. The van der Waals surface area contributed by atoms with Crippen molar-refractivity contribution in [1.29, 1.82) is 0 Å². The Morgan fingerprint density at radius 3 is 1.10 bits per heavy atom. The van der Waals surface area contributed by atoms with E-state index in [9.17, 15) is 2.86 Å². The van der Waals surface area contributed by atoms with Gasteiger partial charge in [0.1, 0.15) is 0 Å². The predicted octanol–water partition coefficient (Wildman–Crippen LogP) is 1.40. The van der Waals surface area contributed by atoms with Gasteiger partial charge in [-0.15, -0.1) is 0 Å². The third-order valence-electron chi connectivity index (χ3n) is 1.000. The molecule has 0 aromatic rings. The summed E-state index contributed by atoms with van der Waals surface area (Å²) < 4.78 is 13.9. The number of nitrogens with two attached hydrogens (primary N) is 1. The van der Waals surface area contributed by atoms with Crippen LogP contribution in [0.4, 0.5) is 2.86 Å². The molecule has 0 aromatic carbocycles. The largest absolute Gasteiger partial charge is 0 e. The molecule has 1 fully saturated rings. The van der Waals surface area contributed by atoms with Gasteiger partial charge in [0, 0.05) is 18.6 Å². The average molecular weight is 354 g/mol. The molecule has 0 heterocycles. The Balaban J connectivity index is -0.0000000275. The van der Waals surface area contributed by atoms with E-state index in [0.29, 0.717) is 23.2 Å². The fourth-order valence-electron chi connectivity index (χ4n) is 0.250. The van der Waals surface area contributed by atoms with Crippen molar-refractivity contribution in [3.8, 4) is 0 Å². The molecule has 0 aliphatic heterocycles. The molecular weight excluding hydrogens is 341 g/mol. The van der Waals surface area contributed by atoms with Gasteiger partial charge >= 0.3 is 21.4 Å². The minimum absolute atomic E-state index is 0. The first-order valence-electron chi connectivity index (χ1n) is 2.40. The summed E-state index contributed by atoms with van der Waals surface area (Å²) in [5.41, 5.74) is 0. The zero-order valence-corrected chi connectivity index (χ0v) is 12.1. The maximum atomic E-state index is 9.47. The van der Waals surface area contributed by atoms with E-state index in [2.05, 4.69) is 4.21 Å². The topological polar surface area (TPSA) is 25.6 Å². The van der Waals surface area contributed by atoms with Crippen molar-refractivity contribution in [2.45, 2.75) is 25.7 Å². The van der Waals surface area contributed by atoms with Crippen LogP contribution in [0.2, 0.25) is 0 Å². The van der Waals surface area contributed by atoms with E-state index < -0.39 is 0 Å². The van der Waals surface area contributed by atoms with Crippen LogP contribution < -0.4 is 4.21 Å². The van der Waals surface area contributed by atoms with Gasteiger partial charge in [-0.25, -0.2) is 0 Å². The summed E-state index contributed by atoms with van der Waals surface area (Å²) in [5, 5.41) is 0. The summed E-state index contributed by atoms with van der Waals surface area (Å²) in [6.45, 7) is 0. The molecule has 0 bridgehead atoms. The van der Waals surface area contributed by atoms with Crippen LogP contribution in [-0.2, 0) is 35.8 Å². The summed E-state index contributed by atoms with van der Waals surface area (Å²) in [7, 11) is 0. The first-order chi connectivity index (χ1) is 4.00. The standard InChI is InChI=1S/C4H8.FI.H2N.H3P.2V/c1-2-4-3-1;1-2;;;;/h1-4H2;;1H2;1H3;;/q;;-1;;;+2. The first-order valence-corrected chi connectivity index (χ1v) is 4.02. The summed E-state index contributed by atoms with van der Waals surface area (Å²) in [6.07, 6.45) is 6.00. The van der Waals surface area contributed by atoms with Crippen LogP contribution in [0.15, 0.2) is 0 Å². The van der Waals surface area contributed by atoms with Crippen LogP contribution in [0.25, 0.3) is 0 Å². The molecule has 0 saturated heterocycles. The van der Waals surface area contributed by atoms with E-state index in [-0.39, 0.29) is 28.5 Å². The minimum atomic E-state index is 0. The van der Waals surface area contributed by atoms with Crippen molar-refractivity contribution in [1.82, 2.24) is 0 Å². The van der Waals surface area contributed by atoms with E-state index in [1.54, 1.807) is 0 Å². The third-order valence-corrected chi connectivity index (χ3v) is 1.000. The summed E-state index contributed by atoms with van der Waals surface area (Å²) in [4.78, 5) is 0. The fraction of sp³-hybridized carbons (Fsp3) is 1.00. The van der Waals surface area contributed by atoms with Gasteiger partial charge in [-0.3, -0.25) is 0 Å². The Labute approximate surface area is 101 Å². The van der Waals surface area contributed by atoms with Gasteiger partial charge in [0.05, 0.1) is 0 Å². The van der Waals surface area contributed by atoms with Gasteiger partial charge in [-0.1, -0.05) is 25.7 Å². The van der Waals surface area contributed by atoms with Gasteiger partial charge < -0.3 is 0 Å². The van der Waals surface area contributed by atoms with E-state index in [4.69, 9.17) is 0 Å². The van der Waals surface area contributed by atoms with Crippen LogP contribution in [-0.4, -0.2) is 0 Å². The maximum Gasteiger partial charge on any atom is 0 e. The van der Waals surface area contributed by atoms with Crippen molar-refractivity contribution in [3.63, 3.8) is 0 Å². The zero-order chi connectivity index (χ0) is 6.83. The van der Waals surface area contributed by atoms with Crippen molar-refractivity contribution in [3.05, 3.63) is 0 Å². The molecule has 1 rings (SSSR count). The van der Waals surface area contributed by atoms with E-state index in [1.165, 1.54) is 25.7 Å². The molecule has 62 valence electrons. The Hall–Kier alpha value is 2.06. The van der Waals surface area contributed by atoms with Gasteiger partial charge in [-0.2, -0.15) is 12.8 Å². The van der Waals surface area contributed by atoms with Crippen LogP contribution >= 0.6 is 33.1 Å². The summed E-state index contributed by atoms with van der Waals surface area (Å²) in [6, 6.07) is 0. The second kappa shape index (κ2) is 30.5. The van der Waals surface area contributed by atoms with Crippen molar-refractivity contribution in [2.75, 3.05) is 0 Å². The predicted molar refractivity (Wildman–Crippen MR) is 46.6 cm³/mol. The number of hydrogen-bond donors (Lipinski definition) is 1. The summed E-state index contributed by atoms with van der Waals surface area (Å²) in [5.74, 6) is 0. The molecule has 10 heavy (non-hydrogen) atoms. The van der Waals surface area contributed by atoms with Crippen LogP contribution in [0.1, 0.15) is 25.7 Å². The van der Waals surface area contributed by atoms with Crippen molar-refractivity contribution < 1.29 is 42.9 Å². The Morgan fingerprint density at radius 2 is 1.10 bits per heavy atom. The van der Waals surface area contributed by atoms with Gasteiger partial charge in [0.25, 0.3) is 0 Å². The third kappa shape index (κ3) is 22.5. The SMILES string of the molecule is C1CCC1.FI.P.[NH2+]=[V].[V]. The van der Waals surface area contributed by atoms with E-state index in [0.717, 1.165) is 0 Å². The molecule has 1 aliphatic carbocycles. The number of halogens is 2. The van der Waals surface area contributed by atoms with E-state index in [1.807, 2.05) is 17.2 Å². The van der Waals surface area contributed by atoms with Crippen LogP contribution in [0.5, 0.6) is 0 Å². The van der Waals surface area contributed by atoms with Crippen LogP contribution in [0.3, 0.4) is 0 Å². The van der Waals surface area contributed by atoms with Crippen LogP contribution in [0, 0.1) is 0 Å². The molecule has 1 saturated carbocycles. The average Bonchev–Trinajstić information content (AvgIpc) is 1.72. The minimum Gasteiger partial charge on any atom is 0 e. The van der Waals surface area contributed by atoms with Gasteiger partial charge in [-0.05, 0) is 0 Å². The van der Waals surface area contributed by atoms with E-state index >= 15 is 0 Å². The molecule has 6 heteroatoms. The molecule has 0 amide bonds. The second-order valence-electron chi connectivity index (χ2n) is 1.41. The molecule has 2 N–H and O–H groups in total.